The van der Waals surface area contributed by atoms with Gasteiger partial charge in [-0.15, -0.1) is 0 Å². The Balaban J connectivity index is 1.89. The van der Waals surface area contributed by atoms with Crippen LogP contribution >= 0.6 is 0 Å². The van der Waals surface area contributed by atoms with Crippen LogP contribution in [0.15, 0.2) is 30.7 Å². The number of nitrogens with one attached hydrogen (secondary N) is 2. The normalized spacial score (nSPS) is 10.3. The van der Waals surface area contributed by atoms with Crippen LogP contribution in [0.25, 0.3) is 0 Å². The van der Waals surface area contributed by atoms with Gasteiger partial charge in [0.1, 0.15) is 0 Å². The summed E-state index contributed by atoms with van der Waals surface area (Å²) in [6.45, 7) is 2.90. The molecule has 0 fully saturated rings. The van der Waals surface area contributed by atoms with Crippen molar-refractivity contribution in [3.63, 3.8) is 0 Å². The third kappa shape index (κ3) is 2.76. The van der Waals surface area contributed by atoms with Crippen LogP contribution < -0.4 is 11.1 Å². The largest absolute Gasteiger partial charge is 0.399 e. The second-order valence-corrected chi connectivity index (χ2v) is 3.89. The maximum atomic E-state index is 5.77. The Morgan fingerprint density at radius 1 is 1.38 bits per heavy atom. The van der Waals surface area contributed by atoms with E-state index in [9.17, 15) is 0 Å². The lowest BCUT2D eigenvalue weighted by atomic mass is 10.2. The van der Waals surface area contributed by atoms with E-state index < -0.39 is 0 Å². The van der Waals surface area contributed by atoms with Crippen LogP contribution in [0, 0.1) is 6.92 Å². The molecule has 0 bridgehead atoms. The number of rotatable bonds is 4. The Morgan fingerprint density at radius 2 is 2.25 bits per heavy atom. The predicted molar refractivity (Wildman–Crippen MR) is 66.4 cm³/mol. The molecule has 0 aliphatic carbocycles. The smallest absolute Gasteiger partial charge is 0.0921 e. The number of aromatic nitrogens is 2. The molecule has 84 valence electrons. The number of benzene rings is 1. The number of nitrogens with zero attached hydrogens (tertiary/aromatic N) is 1. The molecular formula is C12H16N4. The van der Waals surface area contributed by atoms with E-state index in [0.717, 1.165) is 30.0 Å². The minimum absolute atomic E-state index is 0.795. The Labute approximate surface area is 94.9 Å². The van der Waals surface area contributed by atoms with Crippen LogP contribution in [-0.4, -0.2) is 16.5 Å². The van der Waals surface area contributed by atoms with Gasteiger partial charge in [0.05, 0.1) is 6.33 Å². The van der Waals surface area contributed by atoms with Gasteiger partial charge in [-0.2, -0.15) is 0 Å². The van der Waals surface area contributed by atoms with Gasteiger partial charge >= 0.3 is 0 Å². The van der Waals surface area contributed by atoms with Gasteiger partial charge in [-0.05, 0) is 30.7 Å². The van der Waals surface area contributed by atoms with Crippen LogP contribution in [0.3, 0.4) is 0 Å². The summed E-state index contributed by atoms with van der Waals surface area (Å²) in [4.78, 5) is 7.04. The molecule has 16 heavy (non-hydrogen) atoms. The molecule has 0 atom stereocenters. The Hall–Kier alpha value is -1.97. The van der Waals surface area contributed by atoms with Crippen molar-refractivity contribution in [2.75, 3.05) is 17.6 Å². The number of imidazole rings is 1. The van der Waals surface area contributed by atoms with E-state index in [1.54, 1.807) is 6.33 Å². The molecule has 1 aromatic heterocycles. The summed E-state index contributed by atoms with van der Waals surface area (Å²) in [5.74, 6) is 0. The van der Waals surface area contributed by atoms with Gasteiger partial charge in [-0.25, -0.2) is 4.98 Å². The van der Waals surface area contributed by atoms with Crippen LogP contribution in [0.4, 0.5) is 11.4 Å². The highest BCUT2D eigenvalue weighted by Gasteiger charge is 1.97. The zero-order valence-electron chi connectivity index (χ0n) is 9.33. The average Bonchev–Trinajstić information content (AvgIpc) is 2.69. The van der Waals surface area contributed by atoms with Gasteiger partial charge in [0.25, 0.3) is 0 Å². The quantitative estimate of drug-likeness (QED) is 0.684. The Kier molecular flexibility index (Phi) is 3.10. The molecular weight excluding hydrogens is 200 g/mol. The maximum absolute atomic E-state index is 5.77. The second kappa shape index (κ2) is 4.70. The molecule has 4 N–H and O–H groups in total. The van der Waals surface area contributed by atoms with E-state index in [1.807, 2.05) is 25.3 Å². The molecule has 4 nitrogen and oxygen atoms in total. The fraction of sp³-hybridized carbons (Fsp3) is 0.250. The van der Waals surface area contributed by atoms with Crippen molar-refractivity contribution in [2.45, 2.75) is 13.3 Å². The second-order valence-electron chi connectivity index (χ2n) is 3.89. The Bertz CT molecular complexity index is 428. The number of hydrogen-bond acceptors (Lipinski definition) is 3. The summed E-state index contributed by atoms with van der Waals surface area (Å²) in [5, 5.41) is 3.34. The first-order chi connectivity index (χ1) is 7.74. The summed E-state index contributed by atoms with van der Waals surface area (Å²) < 4.78 is 0. The summed E-state index contributed by atoms with van der Waals surface area (Å²) in [6.07, 6.45) is 4.46. The minimum Gasteiger partial charge on any atom is -0.399 e. The van der Waals surface area contributed by atoms with Crippen molar-refractivity contribution in [1.82, 2.24) is 9.97 Å². The molecule has 0 amide bonds. The first kappa shape index (κ1) is 10.5. The van der Waals surface area contributed by atoms with Crippen LogP contribution in [-0.2, 0) is 6.42 Å². The van der Waals surface area contributed by atoms with Gasteiger partial charge in [0.2, 0.25) is 0 Å². The molecule has 2 aromatic rings. The van der Waals surface area contributed by atoms with Crippen molar-refractivity contribution < 1.29 is 0 Å². The van der Waals surface area contributed by atoms with Crippen LogP contribution in [0.5, 0.6) is 0 Å². The third-order valence-electron chi connectivity index (χ3n) is 2.38. The predicted octanol–water partition coefficient (Wildman–Crippen LogP) is 1.95. The lowest BCUT2D eigenvalue weighted by Gasteiger charge is -2.07. The molecule has 2 rings (SSSR count). The summed E-state index contributed by atoms with van der Waals surface area (Å²) in [7, 11) is 0. The number of aryl methyl sites for hydroxylation is 1. The number of hydrogen-bond donors (Lipinski definition) is 3. The highest BCUT2D eigenvalue weighted by Crippen LogP contribution is 2.15. The van der Waals surface area contributed by atoms with E-state index in [2.05, 4.69) is 21.4 Å². The molecule has 0 spiro atoms. The SMILES string of the molecule is Cc1cc(N)cc(NCCc2cnc[nH]2)c1. The minimum atomic E-state index is 0.795. The van der Waals surface area contributed by atoms with Gasteiger partial charge in [-0.1, -0.05) is 0 Å². The van der Waals surface area contributed by atoms with Crippen molar-refractivity contribution in [1.29, 1.82) is 0 Å². The number of H-pyrrole nitrogens is 1. The van der Waals surface area contributed by atoms with Gasteiger partial charge in [-0.3, -0.25) is 0 Å². The number of nitrogen functional groups attached to an aromatic ring is 1. The van der Waals surface area contributed by atoms with Crippen molar-refractivity contribution in [3.8, 4) is 0 Å². The fourth-order valence-corrected chi connectivity index (χ4v) is 1.68. The molecule has 0 radical (unpaired) electrons. The van der Waals surface area contributed by atoms with Crippen LogP contribution in [0.2, 0.25) is 0 Å². The van der Waals surface area contributed by atoms with Gasteiger partial charge in [0, 0.05) is 36.2 Å². The van der Waals surface area contributed by atoms with E-state index in [0.29, 0.717) is 0 Å². The van der Waals surface area contributed by atoms with Crippen molar-refractivity contribution in [2.24, 2.45) is 0 Å². The zero-order valence-corrected chi connectivity index (χ0v) is 9.33. The standard InChI is InChI=1S/C12H16N4/c1-9-4-10(13)6-12(5-9)15-3-2-11-7-14-8-16-11/h4-8,15H,2-3,13H2,1H3,(H,14,16). The third-order valence-corrected chi connectivity index (χ3v) is 2.38. The molecule has 0 saturated heterocycles. The highest BCUT2D eigenvalue weighted by atomic mass is 14.9. The molecule has 0 unspecified atom stereocenters. The molecule has 1 aromatic carbocycles. The zero-order chi connectivity index (χ0) is 11.4. The maximum Gasteiger partial charge on any atom is 0.0921 e. The molecule has 0 aliphatic heterocycles. The highest BCUT2D eigenvalue weighted by molar-refractivity contribution is 5.56. The summed E-state index contributed by atoms with van der Waals surface area (Å²) >= 11 is 0. The van der Waals surface area contributed by atoms with Crippen molar-refractivity contribution in [3.05, 3.63) is 42.0 Å². The van der Waals surface area contributed by atoms with E-state index in [4.69, 9.17) is 5.73 Å². The fourth-order valence-electron chi connectivity index (χ4n) is 1.68. The van der Waals surface area contributed by atoms with Crippen LogP contribution in [0.1, 0.15) is 11.3 Å². The van der Waals surface area contributed by atoms with E-state index >= 15 is 0 Å². The van der Waals surface area contributed by atoms with Crippen molar-refractivity contribution >= 4 is 11.4 Å². The molecule has 4 heteroatoms. The number of nitrogens with two attached hydrogens (primary N) is 1. The van der Waals surface area contributed by atoms with Gasteiger partial charge in [0.15, 0.2) is 0 Å². The van der Waals surface area contributed by atoms with E-state index in [1.165, 1.54) is 5.56 Å². The number of aromatic amines is 1. The van der Waals surface area contributed by atoms with Gasteiger partial charge < -0.3 is 16.0 Å². The lowest BCUT2D eigenvalue weighted by Crippen LogP contribution is -2.05. The summed E-state index contributed by atoms with van der Waals surface area (Å²) in [6, 6.07) is 5.99. The molecule has 0 saturated carbocycles. The average molecular weight is 216 g/mol. The molecule has 1 heterocycles. The topological polar surface area (TPSA) is 66.7 Å². The Morgan fingerprint density at radius 3 is 2.94 bits per heavy atom. The molecule has 0 aliphatic rings. The lowest BCUT2D eigenvalue weighted by molar-refractivity contribution is 0.977. The first-order valence-electron chi connectivity index (χ1n) is 5.32. The first-order valence-corrected chi connectivity index (χ1v) is 5.32. The monoisotopic (exact) mass is 216 g/mol. The number of anilines is 2. The van der Waals surface area contributed by atoms with E-state index in [-0.39, 0.29) is 0 Å². The summed E-state index contributed by atoms with van der Waals surface area (Å²) in [5.41, 5.74) is 9.93.